The fourth-order valence-electron chi connectivity index (χ4n) is 11.1. The molecule has 2 aromatic heterocycles. The quantitative estimate of drug-likeness (QED) is 0.169. The van der Waals surface area contributed by atoms with Gasteiger partial charge in [0.2, 0.25) is 0 Å². The van der Waals surface area contributed by atoms with E-state index in [1.54, 1.807) is 0 Å². The minimum Gasteiger partial charge on any atom is -0.455 e. The van der Waals surface area contributed by atoms with Crippen molar-refractivity contribution in [1.82, 2.24) is 9.97 Å². The van der Waals surface area contributed by atoms with Crippen molar-refractivity contribution < 1.29 is 4.42 Å². The van der Waals surface area contributed by atoms with Gasteiger partial charge in [-0.2, -0.15) is 0 Å². The van der Waals surface area contributed by atoms with Crippen molar-refractivity contribution in [2.75, 3.05) is 0 Å². The van der Waals surface area contributed by atoms with Crippen LogP contribution in [0.15, 0.2) is 162 Å². The third kappa shape index (κ3) is 4.74. The molecule has 10 aromatic rings. The number of furan rings is 1. The second kappa shape index (κ2) is 12.2. The van der Waals surface area contributed by atoms with E-state index in [1.165, 1.54) is 38.6 Å². The molecular weight excluding hydrogens is 705 g/mol. The minimum absolute atomic E-state index is 0.0410. The van der Waals surface area contributed by atoms with Gasteiger partial charge < -0.3 is 4.42 Å². The van der Waals surface area contributed by atoms with Crippen LogP contribution in [0, 0.1) is 10.8 Å². The molecule has 0 atom stereocenters. The predicted octanol–water partition coefficient (Wildman–Crippen LogP) is 15.2. The summed E-state index contributed by atoms with van der Waals surface area (Å²) in [4.78, 5) is 10.3. The lowest BCUT2D eigenvalue weighted by Gasteiger charge is -2.53. The number of para-hydroxylation sites is 2. The second-order valence-corrected chi connectivity index (χ2v) is 18.1. The molecule has 3 heteroatoms. The summed E-state index contributed by atoms with van der Waals surface area (Å²) in [5, 5.41) is 6.84. The van der Waals surface area contributed by atoms with Crippen molar-refractivity contribution >= 4 is 54.5 Å². The van der Waals surface area contributed by atoms with Gasteiger partial charge >= 0.3 is 0 Å². The largest absolute Gasteiger partial charge is 0.455 e. The highest BCUT2D eigenvalue weighted by Crippen LogP contribution is 2.65. The van der Waals surface area contributed by atoms with Crippen LogP contribution in [0.5, 0.6) is 0 Å². The highest BCUT2D eigenvalue weighted by molar-refractivity contribution is 6.23. The van der Waals surface area contributed by atoms with Crippen molar-refractivity contribution in [2.45, 2.75) is 47.0 Å². The number of hydrogen-bond donors (Lipinski definition) is 0. The molecular formula is C55H44N2O. The van der Waals surface area contributed by atoms with Crippen LogP contribution in [0.3, 0.4) is 0 Å². The van der Waals surface area contributed by atoms with Gasteiger partial charge in [0.1, 0.15) is 11.2 Å². The Morgan fingerprint density at radius 2 is 0.914 bits per heavy atom. The fourth-order valence-corrected chi connectivity index (χ4v) is 11.1. The summed E-state index contributed by atoms with van der Waals surface area (Å²) in [5.74, 6) is 0. The van der Waals surface area contributed by atoms with E-state index in [9.17, 15) is 0 Å². The van der Waals surface area contributed by atoms with Gasteiger partial charge in [-0.3, -0.25) is 4.98 Å². The molecule has 1 aliphatic carbocycles. The van der Waals surface area contributed by atoms with Crippen molar-refractivity contribution in [2.24, 2.45) is 10.8 Å². The Balaban J connectivity index is 1.06. The molecule has 8 aromatic carbocycles. The van der Waals surface area contributed by atoms with Crippen LogP contribution in [0.2, 0.25) is 0 Å². The molecule has 11 rings (SSSR count). The normalized spacial score (nSPS) is 13.8. The van der Waals surface area contributed by atoms with Crippen LogP contribution in [0.4, 0.5) is 0 Å². The Labute approximate surface area is 339 Å². The first-order valence-corrected chi connectivity index (χ1v) is 20.4. The van der Waals surface area contributed by atoms with Gasteiger partial charge in [0, 0.05) is 43.7 Å². The molecule has 2 heterocycles. The van der Waals surface area contributed by atoms with Crippen LogP contribution in [-0.4, -0.2) is 9.97 Å². The molecule has 0 radical (unpaired) electrons. The Morgan fingerprint density at radius 1 is 0.414 bits per heavy atom. The number of benzene rings is 8. The topological polar surface area (TPSA) is 38.9 Å². The highest BCUT2D eigenvalue weighted by atomic mass is 16.3. The lowest BCUT2D eigenvalue weighted by molar-refractivity contribution is 0.0951. The Kier molecular flexibility index (Phi) is 7.30. The number of rotatable bonds is 3. The van der Waals surface area contributed by atoms with Crippen LogP contribution in [0.1, 0.15) is 52.7 Å². The Bertz CT molecular complexity index is 3270. The summed E-state index contributed by atoms with van der Waals surface area (Å²) in [6.07, 6.45) is 1.92. The van der Waals surface area contributed by atoms with Gasteiger partial charge in [-0.25, -0.2) is 4.98 Å². The maximum atomic E-state index is 7.06. The number of fused-ring (bicyclic) bond motifs is 12. The van der Waals surface area contributed by atoms with Gasteiger partial charge in [0.05, 0.1) is 22.9 Å². The van der Waals surface area contributed by atoms with Crippen molar-refractivity contribution in [3.8, 4) is 44.6 Å². The molecule has 0 bridgehead atoms. The first-order valence-electron chi connectivity index (χ1n) is 20.4. The average molecular weight is 749 g/mol. The molecule has 1 aliphatic rings. The molecule has 0 aliphatic heterocycles. The molecule has 0 unspecified atom stereocenters. The Hall–Kier alpha value is -6.58. The molecule has 0 spiro atoms. The molecule has 0 saturated heterocycles. The lowest BCUT2D eigenvalue weighted by Crippen LogP contribution is -2.49. The van der Waals surface area contributed by atoms with Crippen molar-refractivity contribution in [3.63, 3.8) is 0 Å². The summed E-state index contributed by atoms with van der Waals surface area (Å²) in [5.41, 5.74) is 15.1. The van der Waals surface area contributed by atoms with E-state index in [0.29, 0.717) is 0 Å². The Morgan fingerprint density at radius 3 is 1.57 bits per heavy atom. The van der Waals surface area contributed by atoms with Crippen molar-refractivity contribution in [1.29, 1.82) is 0 Å². The average Bonchev–Trinajstić information content (AvgIpc) is 3.78. The number of nitrogens with zero attached hydrogens (tertiary/aromatic N) is 2. The summed E-state index contributed by atoms with van der Waals surface area (Å²) in [6.45, 7) is 14.4. The predicted molar refractivity (Wildman–Crippen MR) is 243 cm³/mol. The molecule has 0 amide bonds. The SMILES string of the molecule is CC(C)(C)C1(C(C)(C)C)c2ccccc2-c2ccc(-c3cccc4c3oc3c(-c5cccc(-c6cnc7c8ccccc8c8ccccc8c7n6)c5)cccc34)cc21. The van der Waals surface area contributed by atoms with Gasteiger partial charge in [0.15, 0.2) is 0 Å². The molecule has 58 heavy (non-hydrogen) atoms. The van der Waals surface area contributed by atoms with Crippen molar-refractivity contribution in [3.05, 3.63) is 169 Å². The summed E-state index contributed by atoms with van der Waals surface area (Å²) in [6, 6.07) is 54.9. The molecule has 280 valence electrons. The van der Waals surface area contributed by atoms with E-state index in [2.05, 4.69) is 193 Å². The standard InChI is InChI=1S/C55H44N2O/c1-53(2,3)55(54(4,5)6)46-27-12-11-20-40(46)41-29-28-34(31-47(41)55)37-24-15-26-45-44-25-14-23-36(51(44)58-52(37)45)33-16-13-17-35(30-33)48-32-56-49-42-21-9-7-18-38(42)39-19-8-10-22-43(39)50(49)57-48/h7-32H,1-6H3. The first-order chi connectivity index (χ1) is 28.0. The van der Waals surface area contributed by atoms with E-state index >= 15 is 0 Å². The summed E-state index contributed by atoms with van der Waals surface area (Å²) in [7, 11) is 0. The second-order valence-electron chi connectivity index (χ2n) is 18.1. The fraction of sp³-hybridized carbons (Fsp3) is 0.164. The lowest BCUT2D eigenvalue weighted by atomic mass is 9.50. The first kappa shape index (κ1) is 34.7. The smallest absolute Gasteiger partial charge is 0.143 e. The van der Waals surface area contributed by atoms with E-state index in [0.717, 1.165) is 71.7 Å². The highest BCUT2D eigenvalue weighted by Gasteiger charge is 2.57. The monoisotopic (exact) mass is 748 g/mol. The zero-order valence-corrected chi connectivity index (χ0v) is 33.8. The van der Waals surface area contributed by atoms with Gasteiger partial charge in [0.25, 0.3) is 0 Å². The van der Waals surface area contributed by atoms with Crippen LogP contribution in [0.25, 0.3) is 99.2 Å². The third-order valence-electron chi connectivity index (χ3n) is 13.0. The van der Waals surface area contributed by atoms with Gasteiger partial charge in [-0.05, 0) is 67.1 Å². The van der Waals surface area contributed by atoms with Crippen LogP contribution < -0.4 is 0 Å². The maximum Gasteiger partial charge on any atom is 0.143 e. The molecule has 0 N–H and O–H groups in total. The number of hydrogen-bond acceptors (Lipinski definition) is 3. The molecule has 3 nitrogen and oxygen atoms in total. The minimum atomic E-state index is -0.196. The van der Waals surface area contributed by atoms with E-state index in [4.69, 9.17) is 14.4 Å². The van der Waals surface area contributed by atoms with Gasteiger partial charge in [-0.1, -0.05) is 181 Å². The zero-order chi connectivity index (χ0) is 39.6. The third-order valence-corrected chi connectivity index (χ3v) is 13.0. The maximum absolute atomic E-state index is 7.06. The van der Waals surface area contributed by atoms with Crippen LogP contribution in [-0.2, 0) is 5.41 Å². The summed E-state index contributed by atoms with van der Waals surface area (Å²) < 4.78 is 7.06. The molecule has 0 saturated carbocycles. The van der Waals surface area contributed by atoms with E-state index < -0.39 is 0 Å². The number of aromatic nitrogens is 2. The zero-order valence-electron chi connectivity index (χ0n) is 33.8. The van der Waals surface area contributed by atoms with E-state index in [-0.39, 0.29) is 16.2 Å². The van der Waals surface area contributed by atoms with Crippen LogP contribution >= 0.6 is 0 Å². The van der Waals surface area contributed by atoms with Gasteiger partial charge in [-0.15, -0.1) is 0 Å². The molecule has 0 fully saturated rings. The van der Waals surface area contributed by atoms with E-state index in [1.807, 2.05) is 6.20 Å². The summed E-state index contributed by atoms with van der Waals surface area (Å²) >= 11 is 0.